The van der Waals surface area contributed by atoms with E-state index in [2.05, 4.69) is 0 Å². The van der Waals surface area contributed by atoms with Crippen LogP contribution in [0.2, 0.25) is 0 Å². The third kappa shape index (κ3) is 5.57. The second-order valence-electron chi connectivity index (χ2n) is 8.40. The Bertz CT molecular complexity index is 650. The minimum atomic E-state index is -0.465. The van der Waals surface area contributed by atoms with E-state index in [4.69, 9.17) is 18.9 Å². The number of hydrogen-bond acceptors (Lipinski definition) is 6. The van der Waals surface area contributed by atoms with Crippen LogP contribution in [0.15, 0.2) is 30.3 Å². The first-order chi connectivity index (χ1) is 14.2. The smallest absolute Gasteiger partial charge is 0.306 e. The van der Waals surface area contributed by atoms with E-state index in [1.165, 1.54) is 0 Å². The summed E-state index contributed by atoms with van der Waals surface area (Å²) in [6.45, 7) is 1.24. The number of esters is 1. The average molecular weight is 405 g/mol. The predicted octanol–water partition coefficient (Wildman–Crippen LogP) is 3.15. The Balaban J connectivity index is 1.12. The first-order valence-electron chi connectivity index (χ1n) is 11.0. The van der Waals surface area contributed by atoms with Crippen LogP contribution in [0.4, 0.5) is 0 Å². The van der Waals surface area contributed by atoms with Gasteiger partial charge < -0.3 is 24.1 Å². The van der Waals surface area contributed by atoms with E-state index in [1.807, 2.05) is 30.3 Å². The third-order valence-electron chi connectivity index (χ3n) is 6.24. The van der Waals surface area contributed by atoms with Gasteiger partial charge in [0.1, 0.15) is 6.10 Å². The molecule has 0 saturated carbocycles. The molecule has 1 aromatic carbocycles. The van der Waals surface area contributed by atoms with Crippen molar-refractivity contribution < 1.29 is 28.8 Å². The number of ether oxygens (including phenoxy) is 4. The van der Waals surface area contributed by atoms with E-state index in [9.17, 15) is 9.90 Å². The van der Waals surface area contributed by atoms with Gasteiger partial charge in [-0.1, -0.05) is 30.3 Å². The van der Waals surface area contributed by atoms with Gasteiger partial charge in [-0.2, -0.15) is 0 Å². The highest BCUT2D eigenvalue weighted by molar-refractivity contribution is 5.71. The van der Waals surface area contributed by atoms with E-state index in [0.717, 1.165) is 44.1 Å². The Morgan fingerprint density at radius 2 is 1.69 bits per heavy atom. The lowest BCUT2D eigenvalue weighted by Gasteiger charge is -2.24. The molecule has 0 aromatic heterocycles. The molecule has 0 aliphatic carbocycles. The Labute approximate surface area is 172 Å². The number of hydrogen-bond donors (Lipinski definition) is 1. The second kappa shape index (κ2) is 10.0. The van der Waals surface area contributed by atoms with E-state index in [1.54, 1.807) is 0 Å². The maximum atomic E-state index is 11.3. The maximum absolute atomic E-state index is 11.3. The highest BCUT2D eigenvalue weighted by Crippen LogP contribution is 2.36. The average Bonchev–Trinajstić information content (AvgIpc) is 3.48. The molecule has 4 rings (SSSR count). The number of rotatable bonds is 9. The van der Waals surface area contributed by atoms with Crippen molar-refractivity contribution in [3.8, 4) is 0 Å². The van der Waals surface area contributed by atoms with Crippen molar-refractivity contribution in [3.63, 3.8) is 0 Å². The highest BCUT2D eigenvalue weighted by atomic mass is 16.6. The van der Waals surface area contributed by atoms with Crippen LogP contribution in [-0.2, 0) is 30.3 Å². The van der Waals surface area contributed by atoms with Crippen LogP contribution < -0.4 is 0 Å². The summed E-state index contributed by atoms with van der Waals surface area (Å²) in [5.74, 6) is -0.116. The van der Waals surface area contributed by atoms with Crippen molar-refractivity contribution in [1.82, 2.24) is 0 Å². The third-order valence-corrected chi connectivity index (χ3v) is 6.24. The molecule has 3 heterocycles. The van der Waals surface area contributed by atoms with Crippen molar-refractivity contribution in [2.75, 3.05) is 6.61 Å². The number of aliphatic hydroxyl groups excluding tert-OH is 1. The minimum Gasteiger partial charge on any atom is -0.460 e. The number of carbonyl (C=O) groups is 1. The zero-order valence-electron chi connectivity index (χ0n) is 16.9. The van der Waals surface area contributed by atoms with Crippen LogP contribution in [0.25, 0.3) is 0 Å². The lowest BCUT2D eigenvalue weighted by molar-refractivity contribution is -0.149. The van der Waals surface area contributed by atoms with Gasteiger partial charge in [0.05, 0.1) is 37.1 Å². The Kier molecular flexibility index (Phi) is 7.19. The van der Waals surface area contributed by atoms with Gasteiger partial charge in [0.15, 0.2) is 0 Å². The summed E-state index contributed by atoms with van der Waals surface area (Å²) in [4.78, 5) is 11.3. The van der Waals surface area contributed by atoms with Gasteiger partial charge in [-0.05, 0) is 50.5 Å². The molecular formula is C23H32O6. The van der Waals surface area contributed by atoms with Gasteiger partial charge in [0.25, 0.3) is 0 Å². The van der Waals surface area contributed by atoms with Gasteiger partial charge in [-0.25, -0.2) is 0 Å². The number of benzene rings is 1. The second-order valence-corrected chi connectivity index (χ2v) is 8.40. The molecule has 0 bridgehead atoms. The summed E-state index contributed by atoms with van der Waals surface area (Å²) in [6, 6.07) is 10.1. The summed E-state index contributed by atoms with van der Waals surface area (Å²) in [5, 5.41) is 10.5. The molecule has 6 heteroatoms. The molecular weight excluding hydrogens is 372 g/mol. The fourth-order valence-corrected chi connectivity index (χ4v) is 4.64. The zero-order valence-corrected chi connectivity index (χ0v) is 16.9. The fraction of sp³-hybridized carbons (Fsp3) is 0.696. The molecule has 1 N–H and O–H groups in total. The first-order valence-corrected chi connectivity index (χ1v) is 11.0. The van der Waals surface area contributed by atoms with Gasteiger partial charge >= 0.3 is 5.97 Å². The predicted molar refractivity (Wildman–Crippen MR) is 106 cm³/mol. The lowest BCUT2D eigenvalue weighted by Crippen LogP contribution is -2.33. The molecule has 6 nitrogen and oxygen atoms in total. The van der Waals surface area contributed by atoms with Crippen LogP contribution in [0, 0.1) is 0 Å². The molecule has 3 fully saturated rings. The zero-order chi connectivity index (χ0) is 20.1. The van der Waals surface area contributed by atoms with Gasteiger partial charge in [-0.3, -0.25) is 4.79 Å². The molecule has 3 aliphatic rings. The van der Waals surface area contributed by atoms with Crippen LogP contribution in [-0.4, -0.2) is 54.3 Å². The number of aliphatic hydroxyl groups is 1. The fourth-order valence-electron chi connectivity index (χ4n) is 4.64. The maximum Gasteiger partial charge on any atom is 0.306 e. The Morgan fingerprint density at radius 1 is 0.966 bits per heavy atom. The van der Waals surface area contributed by atoms with Crippen LogP contribution >= 0.6 is 0 Å². The van der Waals surface area contributed by atoms with Crippen molar-refractivity contribution in [1.29, 1.82) is 0 Å². The van der Waals surface area contributed by atoms with E-state index < -0.39 is 6.10 Å². The lowest BCUT2D eigenvalue weighted by atomic mass is 10.0. The molecule has 160 valence electrons. The molecule has 0 unspecified atom stereocenters. The Morgan fingerprint density at radius 3 is 2.45 bits per heavy atom. The van der Waals surface area contributed by atoms with E-state index >= 15 is 0 Å². The minimum absolute atomic E-state index is 0.000729. The van der Waals surface area contributed by atoms with Crippen molar-refractivity contribution in [3.05, 3.63) is 35.9 Å². The Hall–Kier alpha value is -1.47. The van der Waals surface area contributed by atoms with Gasteiger partial charge in [0, 0.05) is 13.0 Å². The summed E-state index contributed by atoms with van der Waals surface area (Å²) in [6.07, 6.45) is 5.76. The van der Waals surface area contributed by atoms with Crippen LogP contribution in [0.3, 0.4) is 0 Å². The highest BCUT2D eigenvalue weighted by Gasteiger charge is 2.43. The summed E-state index contributed by atoms with van der Waals surface area (Å²) < 4.78 is 23.3. The summed E-state index contributed by atoms with van der Waals surface area (Å²) in [5.41, 5.74) is 1.16. The molecule has 0 spiro atoms. The van der Waals surface area contributed by atoms with Gasteiger partial charge in [-0.15, -0.1) is 0 Å². The van der Waals surface area contributed by atoms with E-state index in [0.29, 0.717) is 26.1 Å². The standard InChI is InChI=1S/C23H32O6/c24-17(7-4-14-26-15-16-5-2-1-3-6-16)18-8-9-19(27-18)20-10-11-21(28-20)22-12-13-23(25)29-22/h1-3,5-6,17-22,24H,4,7-15H2/t17-,18-,19-,20+,21+,22+/m0/s1. The largest absolute Gasteiger partial charge is 0.460 e. The van der Waals surface area contributed by atoms with Gasteiger partial charge in [0.2, 0.25) is 0 Å². The summed E-state index contributed by atoms with van der Waals surface area (Å²) in [7, 11) is 0. The normalized spacial score (nSPS) is 33.1. The van der Waals surface area contributed by atoms with Crippen LogP contribution in [0.5, 0.6) is 0 Å². The monoisotopic (exact) mass is 404 g/mol. The topological polar surface area (TPSA) is 74.2 Å². The quantitative estimate of drug-likeness (QED) is 0.503. The van der Waals surface area contributed by atoms with Crippen LogP contribution in [0.1, 0.15) is 56.9 Å². The first kappa shape index (κ1) is 20.8. The van der Waals surface area contributed by atoms with Crippen molar-refractivity contribution in [2.24, 2.45) is 0 Å². The molecule has 29 heavy (non-hydrogen) atoms. The van der Waals surface area contributed by atoms with Crippen molar-refractivity contribution in [2.45, 2.75) is 94.6 Å². The molecule has 6 atom stereocenters. The molecule has 3 saturated heterocycles. The molecule has 0 radical (unpaired) electrons. The SMILES string of the molecule is O=C1CC[C@H]([C@H]2CC[C@H]([C@@H]3CC[C@@H]([C@@H](O)CCCOCc4ccccc4)O3)O2)O1. The van der Waals surface area contributed by atoms with E-state index in [-0.39, 0.29) is 36.5 Å². The number of carbonyl (C=O) groups excluding carboxylic acids is 1. The summed E-state index contributed by atoms with van der Waals surface area (Å²) >= 11 is 0. The molecule has 3 aliphatic heterocycles. The molecule has 1 aromatic rings. The number of cyclic esters (lactones) is 1. The molecule has 0 amide bonds. The van der Waals surface area contributed by atoms with Crippen molar-refractivity contribution >= 4 is 5.97 Å².